The molecular weight excluding hydrogens is 388 g/mol. The highest BCUT2D eigenvalue weighted by atomic mass is 32.2. The fourth-order valence-corrected chi connectivity index (χ4v) is 4.46. The van der Waals surface area contributed by atoms with Gasteiger partial charge < -0.3 is 11.2 Å². The summed E-state index contributed by atoms with van der Waals surface area (Å²) in [5, 5.41) is 13.6. The Labute approximate surface area is 163 Å². The summed E-state index contributed by atoms with van der Waals surface area (Å²) in [5.74, 6) is 8.60. The van der Waals surface area contributed by atoms with Gasteiger partial charge in [-0.1, -0.05) is 17.8 Å². The summed E-state index contributed by atoms with van der Waals surface area (Å²) in [7, 11) is 0. The summed E-state index contributed by atoms with van der Waals surface area (Å²) >= 11 is 4.82. The van der Waals surface area contributed by atoms with Crippen molar-refractivity contribution in [2.24, 2.45) is 0 Å². The minimum Gasteiger partial charge on any atom is -0.355 e. The molecule has 0 fully saturated rings. The molecule has 0 aliphatic rings. The molecule has 0 aliphatic heterocycles. The Morgan fingerprint density at radius 1 is 1.31 bits per heavy atom. The van der Waals surface area contributed by atoms with Crippen LogP contribution >= 0.6 is 34.9 Å². The lowest BCUT2D eigenvalue weighted by molar-refractivity contribution is -0.118. The molecular formula is C16H18N6OS3. The van der Waals surface area contributed by atoms with E-state index in [1.54, 1.807) is 29.8 Å². The van der Waals surface area contributed by atoms with Crippen molar-refractivity contribution in [2.45, 2.75) is 10.9 Å². The van der Waals surface area contributed by atoms with E-state index in [0.717, 1.165) is 17.1 Å². The third-order valence-corrected chi connectivity index (χ3v) is 6.32. The predicted octanol–water partition coefficient (Wildman–Crippen LogP) is 2.26. The molecule has 3 rings (SSSR count). The first-order valence-electron chi connectivity index (χ1n) is 7.84. The number of nitrogen functional groups attached to an aromatic ring is 1. The molecule has 3 aromatic rings. The van der Waals surface area contributed by atoms with E-state index in [9.17, 15) is 4.79 Å². The second-order valence-corrected chi connectivity index (χ2v) is 8.27. The maximum Gasteiger partial charge on any atom is 0.230 e. The van der Waals surface area contributed by atoms with Crippen LogP contribution in [-0.2, 0) is 10.5 Å². The van der Waals surface area contributed by atoms with E-state index in [4.69, 9.17) is 5.84 Å². The Bertz CT molecular complexity index is 822. The van der Waals surface area contributed by atoms with Crippen LogP contribution in [0.3, 0.4) is 0 Å². The van der Waals surface area contributed by atoms with E-state index in [-0.39, 0.29) is 11.7 Å². The Balaban J connectivity index is 1.38. The number of nitrogens with two attached hydrogens (primary N) is 1. The number of thiophene rings is 1. The fourth-order valence-electron chi connectivity index (χ4n) is 2.08. The first-order valence-corrected chi connectivity index (χ1v) is 10.9. The van der Waals surface area contributed by atoms with Gasteiger partial charge in [0.15, 0.2) is 5.82 Å². The molecule has 3 heterocycles. The highest BCUT2D eigenvalue weighted by Crippen LogP contribution is 2.20. The number of nitrogens with one attached hydrogen (secondary N) is 1. The molecule has 0 bridgehead atoms. The van der Waals surface area contributed by atoms with E-state index in [1.807, 2.05) is 17.8 Å². The summed E-state index contributed by atoms with van der Waals surface area (Å²) in [6.45, 7) is 0.645. The Morgan fingerprint density at radius 3 is 3.00 bits per heavy atom. The van der Waals surface area contributed by atoms with Crippen LogP contribution < -0.4 is 11.2 Å². The van der Waals surface area contributed by atoms with Gasteiger partial charge >= 0.3 is 0 Å². The molecule has 0 spiro atoms. The smallest absolute Gasteiger partial charge is 0.230 e. The van der Waals surface area contributed by atoms with E-state index in [2.05, 4.69) is 38.0 Å². The lowest BCUT2D eigenvalue weighted by Crippen LogP contribution is -2.27. The predicted molar refractivity (Wildman–Crippen MR) is 108 cm³/mol. The van der Waals surface area contributed by atoms with Gasteiger partial charge in [-0.3, -0.25) is 9.78 Å². The zero-order valence-corrected chi connectivity index (χ0v) is 16.3. The van der Waals surface area contributed by atoms with Gasteiger partial charge in [0.05, 0.1) is 5.75 Å². The van der Waals surface area contributed by atoms with Gasteiger partial charge in [0, 0.05) is 40.9 Å². The van der Waals surface area contributed by atoms with Crippen molar-refractivity contribution in [1.82, 2.24) is 25.2 Å². The average molecular weight is 407 g/mol. The molecule has 0 atom stereocenters. The van der Waals surface area contributed by atoms with E-state index < -0.39 is 0 Å². The zero-order valence-electron chi connectivity index (χ0n) is 13.9. The minimum absolute atomic E-state index is 0.0438. The summed E-state index contributed by atoms with van der Waals surface area (Å²) in [6, 6.07) is 7.83. The number of hydrogen-bond acceptors (Lipinski definition) is 8. The number of pyridine rings is 1. The number of aromatic nitrogens is 4. The van der Waals surface area contributed by atoms with Crippen molar-refractivity contribution in [3.8, 4) is 11.4 Å². The summed E-state index contributed by atoms with van der Waals surface area (Å²) in [4.78, 5) is 17.3. The molecule has 0 saturated heterocycles. The van der Waals surface area contributed by atoms with Crippen LogP contribution in [0.1, 0.15) is 4.88 Å². The second kappa shape index (κ2) is 9.60. The van der Waals surface area contributed by atoms with Gasteiger partial charge in [-0.2, -0.15) is 11.8 Å². The quantitative estimate of drug-likeness (QED) is 0.319. The van der Waals surface area contributed by atoms with Crippen molar-refractivity contribution >= 4 is 40.8 Å². The lowest BCUT2D eigenvalue weighted by Gasteiger charge is -2.05. The van der Waals surface area contributed by atoms with Gasteiger partial charge in [0.1, 0.15) is 0 Å². The van der Waals surface area contributed by atoms with Crippen molar-refractivity contribution in [1.29, 1.82) is 0 Å². The molecule has 10 heteroatoms. The van der Waals surface area contributed by atoms with Crippen molar-refractivity contribution < 1.29 is 4.79 Å². The molecule has 0 radical (unpaired) electrons. The summed E-state index contributed by atoms with van der Waals surface area (Å²) < 4.78 is 1.38. The van der Waals surface area contributed by atoms with Crippen LogP contribution in [0.5, 0.6) is 0 Å². The maximum absolute atomic E-state index is 11.9. The van der Waals surface area contributed by atoms with E-state index in [0.29, 0.717) is 17.5 Å². The molecule has 0 unspecified atom stereocenters. The Kier molecular flexibility index (Phi) is 6.92. The molecule has 136 valence electrons. The monoisotopic (exact) mass is 406 g/mol. The van der Waals surface area contributed by atoms with Gasteiger partial charge in [-0.25, -0.2) is 4.68 Å². The Hall–Kier alpha value is -2.04. The molecule has 1 amide bonds. The molecule has 0 aliphatic carbocycles. The summed E-state index contributed by atoms with van der Waals surface area (Å²) in [5.41, 5.74) is 0.779. The third kappa shape index (κ3) is 5.23. The maximum atomic E-state index is 11.9. The van der Waals surface area contributed by atoms with Crippen molar-refractivity contribution in [3.63, 3.8) is 0 Å². The van der Waals surface area contributed by atoms with Crippen LogP contribution in [0.4, 0.5) is 0 Å². The molecule has 7 nitrogen and oxygen atoms in total. The van der Waals surface area contributed by atoms with Gasteiger partial charge in [0.25, 0.3) is 0 Å². The van der Waals surface area contributed by atoms with Gasteiger partial charge in [-0.05, 0) is 23.6 Å². The van der Waals surface area contributed by atoms with Crippen LogP contribution in [0.25, 0.3) is 11.4 Å². The van der Waals surface area contributed by atoms with Gasteiger partial charge in [-0.15, -0.1) is 21.5 Å². The number of amides is 1. The SMILES string of the molecule is Nn1c(SCC(=O)NCCSCc2cccs2)nnc1-c1cccnc1. The number of thioether (sulfide) groups is 2. The number of carbonyl (C=O) groups excluding carboxylic acids is 1. The average Bonchev–Trinajstić information content (AvgIpc) is 3.30. The molecule has 3 N–H and O–H groups in total. The summed E-state index contributed by atoms with van der Waals surface area (Å²) in [6.07, 6.45) is 3.35. The second-order valence-electron chi connectivity index (χ2n) is 5.19. The third-order valence-electron chi connectivity index (χ3n) is 3.31. The van der Waals surface area contributed by atoms with Crippen LogP contribution in [0, 0.1) is 0 Å². The molecule has 0 aromatic carbocycles. The van der Waals surface area contributed by atoms with Crippen molar-refractivity contribution in [3.05, 3.63) is 46.9 Å². The zero-order chi connectivity index (χ0) is 18.2. The lowest BCUT2D eigenvalue weighted by atomic mass is 10.3. The van der Waals surface area contributed by atoms with Crippen LogP contribution in [0.15, 0.2) is 47.2 Å². The largest absolute Gasteiger partial charge is 0.355 e. The van der Waals surface area contributed by atoms with Crippen LogP contribution in [0.2, 0.25) is 0 Å². The molecule has 0 saturated carbocycles. The number of rotatable bonds is 9. The standard InChI is InChI=1S/C16H18N6OS3/c17-22-15(12-3-1-5-18-9-12)20-21-16(22)26-11-14(23)19-6-8-24-10-13-4-2-7-25-13/h1-5,7,9H,6,8,10-11,17H2,(H,19,23). The minimum atomic E-state index is -0.0438. The highest BCUT2D eigenvalue weighted by molar-refractivity contribution is 7.99. The van der Waals surface area contributed by atoms with Crippen molar-refractivity contribution in [2.75, 3.05) is 23.9 Å². The van der Waals surface area contributed by atoms with Gasteiger partial charge in [0.2, 0.25) is 11.1 Å². The normalized spacial score (nSPS) is 10.8. The number of nitrogens with zero attached hydrogens (tertiary/aromatic N) is 4. The fraction of sp³-hybridized carbons (Fsp3) is 0.250. The van der Waals surface area contributed by atoms with E-state index in [1.165, 1.54) is 21.3 Å². The highest BCUT2D eigenvalue weighted by Gasteiger charge is 2.13. The molecule has 26 heavy (non-hydrogen) atoms. The topological polar surface area (TPSA) is 98.7 Å². The number of carbonyl (C=O) groups is 1. The van der Waals surface area contributed by atoms with E-state index >= 15 is 0 Å². The first-order chi connectivity index (χ1) is 12.7. The Morgan fingerprint density at radius 2 is 2.23 bits per heavy atom. The number of hydrogen-bond donors (Lipinski definition) is 2. The first kappa shape index (κ1) is 18.7. The van der Waals surface area contributed by atoms with Crippen LogP contribution in [-0.4, -0.2) is 43.8 Å². The molecule has 3 aromatic heterocycles.